The second-order valence-electron chi connectivity index (χ2n) is 3.96. The maximum absolute atomic E-state index is 2.91. The van der Waals surface area contributed by atoms with Crippen molar-refractivity contribution in [2.75, 3.05) is 0 Å². The van der Waals surface area contributed by atoms with Crippen molar-refractivity contribution >= 4 is 16.5 Å². The van der Waals surface area contributed by atoms with E-state index in [0.29, 0.717) is 10.5 Å². The van der Waals surface area contributed by atoms with Crippen LogP contribution in [0.4, 0.5) is 0 Å². The number of hydrogen-bond donors (Lipinski definition) is 0. The highest BCUT2D eigenvalue weighted by Crippen LogP contribution is 2.43. The SMILES string of the molecule is CBC(C)(C)C(C)(C)P. The Hall–Kier alpha value is 0.495. The molecule has 0 N–H and O–H groups in total. The van der Waals surface area contributed by atoms with Crippen LogP contribution in [0, 0.1) is 0 Å². The Bertz CT molecular complexity index is 91.6. The van der Waals surface area contributed by atoms with Crippen LogP contribution in [-0.2, 0) is 0 Å². The van der Waals surface area contributed by atoms with Gasteiger partial charge in [0.1, 0.15) is 7.28 Å². The van der Waals surface area contributed by atoms with Crippen LogP contribution in [0.25, 0.3) is 0 Å². The number of rotatable bonds is 2. The predicted molar refractivity (Wildman–Crippen MR) is 50.8 cm³/mol. The summed E-state index contributed by atoms with van der Waals surface area (Å²) in [6, 6.07) is 0. The fraction of sp³-hybridized carbons (Fsp3) is 1.00. The topological polar surface area (TPSA) is 0 Å². The Morgan fingerprint density at radius 1 is 1.11 bits per heavy atom. The first-order valence-electron chi connectivity index (χ1n) is 3.60. The van der Waals surface area contributed by atoms with Crippen molar-refractivity contribution in [3.63, 3.8) is 0 Å². The van der Waals surface area contributed by atoms with Gasteiger partial charge in [0.15, 0.2) is 0 Å². The van der Waals surface area contributed by atoms with Crippen molar-refractivity contribution in [2.45, 2.75) is 45.0 Å². The van der Waals surface area contributed by atoms with E-state index in [0.717, 1.165) is 0 Å². The molecule has 0 aromatic carbocycles. The summed E-state index contributed by atoms with van der Waals surface area (Å²) in [4.78, 5) is 0. The van der Waals surface area contributed by atoms with Gasteiger partial charge in [0.25, 0.3) is 0 Å². The molecule has 1 atom stereocenters. The fourth-order valence-electron chi connectivity index (χ4n) is 0.456. The summed E-state index contributed by atoms with van der Waals surface area (Å²) in [5.74, 6) is 0. The zero-order chi connectivity index (χ0) is 7.71. The average Bonchev–Trinajstić information content (AvgIpc) is 1.64. The normalized spacial score (nSPS) is 13.6. The first-order chi connectivity index (χ1) is 3.81. The lowest BCUT2D eigenvalue weighted by Gasteiger charge is -2.37. The molecule has 9 heavy (non-hydrogen) atoms. The molecule has 0 aliphatic heterocycles. The van der Waals surface area contributed by atoms with Gasteiger partial charge in [-0.05, 0) is 5.16 Å². The summed E-state index contributed by atoms with van der Waals surface area (Å²) in [5.41, 5.74) is 0. The fourth-order valence-corrected chi connectivity index (χ4v) is 0.660. The van der Waals surface area contributed by atoms with E-state index in [4.69, 9.17) is 0 Å². The minimum absolute atomic E-state index is 0.363. The van der Waals surface area contributed by atoms with Gasteiger partial charge < -0.3 is 0 Å². The summed E-state index contributed by atoms with van der Waals surface area (Å²) in [6.45, 7) is 11.4. The minimum atomic E-state index is 0.363. The zero-order valence-electron chi connectivity index (χ0n) is 7.28. The van der Waals surface area contributed by atoms with Crippen LogP contribution in [0.3, 0.4) is 0 Å². The van der Waals surface area contributed by atoms with E-state index >= 15 is 0 Å². The smallest absolute Gasteiger partial charge is 0.125 e. The molecule has 0 bridgehead atoms. The van der Waals surface area contributed by atoms with Crippen molar-refractivity contribution in [2.24, 2.45) is 0 Å². The molecular formula is C7H18BP. The van der Waals surface area contributed by atoms with Gasteiger partial charge in [0.2, 0.25) is 0 Å². The second-order valence-corrected chi connectivity index (χ2v) is 5.40. The highest BCUT2D eigenvalue weighted by atomic mass is 31.0. The van der Waals surface area contributed by atoms with Gasteiger partial charge in [0.05, 0.1) is 0 Å². The summed E-state index contributed by atoms with van der Waals surface area (Å²) in [5, 5.41) is 0.805. The monoisotopic (exact) mass is 144 g/mol. The Kier molecular flexibility index (Phi) is 2.76. The summed E-state index contributed by atoms with van der Waals surface area (Å²) in [6.07, 6.45) is 0. The largest absolute Gasteiger partial charge is 0.132 e. The van der Waals surface area contributed by atoms with Crippen LogP contribution < -0.4 is 0 Å². The van der Waals surface area contributed by atoms with E-state index in [2.05, 4.69) is 43.8 Å². The van der Waals surface area contributed by atoms with Crippen LogP contribution in [0.1, 0.15) is 27.7 Å². The molecule has 0 saturated heterocycles. The highest BCUT2D eigenvalue weighted by molar-refractivity contribution is 7.19. The molecule has 2 heteroatoms. The van der Waals surface area contributed by atoms with Crippen LogP contribution >= 0.6 is 9.24 Å². The third-order valence-electron chi connectivity index (χ3n) is 2.63. The Morgan fingerprint density at radius 2 is 1.44 bits per heavy atom. The molecule has 0 nitrogen and oxygen atoms in total. The molecule has 0 saturated carbocycles. The first-order valence-corrected chi connectivity index (χ1v) is 4.18. The van der Waals surface area contributed by atoms with Crippen LogP contribution in [0.5, 0.6) is 0 Å². The number of hydrogen-bond acceptors (Lipinski definition) is 0. The molecule has 54 valence electrons. The van der Waals surface area contributed by atoms with E-state index in [1.165, 1.54) is 7.28 Å². The van der Waals surface area contributed by atoms with E-state index in [-0.39, 0.29) is 0 Å². The molecule has 0 heterocycles. The third kappa shape index (κ3) is 2.30. The molecule has 0 aromatic rings. The van der Waals surface area contributed by atoms with E-state index in [1.807, 2.05) is 0 Å². The highest BCUT2D eigenvalue weighted by Gasteiger charge is 2.31. The van der Waals surface area contributed by atoms with E-state index in [1.54, 1.807) is 0 Å². The van der Waals surface area contributed by atoms with Crippen molar-refractivity contribution in [1.29, 1.82) is 0 Å². The molecule has 0 rings (SSSR count). The Morgan fingerprint density at radius 3 is 1.44 bits per heavy atom. The molecular weight excluding hydrogens is 126 g/mol. The van der Waals surface area contributed by atoms with Crippen molar-refractivity contribution < 1.29 is 0 Å². The maximum atomic E-state index is 2.91. The quantitative estimate of drug-likeness (QED) is 0.412. The van der Waals surface area contributed by atoms with Gasteiger partial charge >= 0.3 is 0 Å². The Labute approximate surface area is 62.2 Å². The van der Waals surface area contributed by atoms with Crippen LogP contribution in [-0.4, -0.2) is 12.4 Å². The molecule has 0 radical (unpaired) electrons. The second kappa shape index (κ2) is 2.62. The lowest BCUT2D eigenvalue weighted by atomic mass is 9.51. The minimum Gasteiger partial charge on any atom is -0.132 e. The molecule has 0 amide bonds. The summed E-state index contributed by atoms with van der Waals surface area (Å²) < 4.78 is 0. The van der Waals surface area contributed by atoms with Crippen LogP contribution in [0.2, 0.25) is 12.1 Å². The molecule has 0 fully saturated rings. The molecule has 0 aliphatic rings. The maximum Gasteiger partial charge on any atom is 0.125 e. The van der Waals surface area contributed by atoms with Gasteiger partial charge in [-0.2, -0.15) is 0 Å². The lowest BCUT2D eigenvalue weighted by Crippen LogP contribution is -2.30. The molecule has 1 unspecified atom stereocenters. The zero-order valence-corrected chi connectivity index (χ0v) is 8.44. The lowest BCUT2D eigenvalue weighted by molar-refractivity contribution is 0.521. The Balaban J connectivity index is 4.14. The van der Waals surface area contributed by atoms with Gasteiger partial charge in [-0.1, -0.05) is 39.8 Å². The van der Waals surface area contributed by atoms with E-state index < -0.39 is 0 Å². The van der Waals surface area contributed by atoms with Crippen molar-refractivity contribution in [3.05, 3.63) is 0 Å². The third-order valence-corrected chi connectivity index (χ3v) is 3.41. The standard InChI is InChI=1S/C7H18BP/c1-6(2,8-5)7(3,4)9/h8H,9H2,1-5H3. The van der Waals surface area contributed by atoms with Gasteiger partial charge in [-0.15, -0.1) is 9.24 Å². The van der Waals surface area contributed by atoms with E-state index in [9.17, 15) is 0 Å². The molecule has 0 aliphatic carbocycles. The van der Waals surface area contributed by atoms with Gasteiger partial charge in [0, 0.05) is 0 Å². The first kappa shape index (κ1) is 9.49. The summed E-state index contributed by atoms with van der Waals surface area (Å²) >= 11 is 0. The van der Waals surface area contributed by atoms with Gasteiger partial charge in [-0.25, -0.2) is 0 Å². The van der Waals surface area contributed by atoms with Crippen molar-refractivity contribution in [3.8, 4) is 0 Å². The molecule has 0 aromatic heterocycles. The van der Waals surface area contributed by atoms with Crippen LogP contribution in [0.15, 0.2) is 0 Å². The van der Waals surface area contributed by atoms with Gasteiger partial charge in [-0.3, -0.25) is 0 Å². The molecule has 0 spiro atoms. The summed E-state index contributed by atoms with van der Waals surface area (Å²) in [7, 11) is 4.15. The average molecular weight is 144 g/mol. The predicted octanol–water partition coefficient (Wildman–Crippen LogP) is 2.32. The van der Waals surface area contributed by atoms with Crippen molar-refractivity contribution in [1.82, 2.24) is 0 Å².